The average Bonchev–Trinajstić information content (AvgIpc) is 3.28. The summed E-state index contributed by atoms with van der Waals surface area (Å²) >= 11 is 0. The highest BCUT2D eigenvalue weighted by Gasteiger charge is 2.35. The monoisotopic (exact) mass is 274 g/mol. The smallest absolute Gasteiger partial charge is 0.323 e. The molecule has 0 atom stereocenters. The van der Waals surface area contributed by atoms with Crippen LogP contribution in [0.25, 0.3) is 0 Å². The van der Waals surface area contributed by atoms with E-state index in [-0.39, 0.29) is 18.5 Å². The number of benzene rings is 1. The van der Waals surface area contributed by atoms with Gasteiger partial charge in [0.15, 0.2) is 0 Å². The largest absolute Gasteiger partial charge is 0.480 e. The van der Waals surface area contributed by atoms with Crippen molar-refractivity contribution in [2.24, 2.45) is 0 Å². The Bertz CT molecular complexity index is 552. The molecule has 1 fully saturated rings. The quantitative estimate of drug-likeness (QED) is 0.877. The lowest BCUT2D eigenvalue weighted by molar-refractivity contribution is -0.137. The number of carboxylic acid groups (broad SMARTS) is 1. The number of hydrogen-bond donors (Lipinski definition) is 2. The van der Waals surface area contributed by atoms with E-state index in [9.17, 15) is 9.59 Å². The number of anilines is 1. The zero-order valence-electron chi connectivity index (χ0n) is 11.3. The molecule has 1 aliphatic heterocycles. The van der Waals surface area contributed by atoms with Gasteiger partial charge in [0.05, 0.1) is 0 Å². The maximum atomic E-state index is 12.7. The molecule has 5 heteroatoms. The van der Waals surface area contributed by atoms with Gasteiger partial charge in [-0.25, -0.2) is 0 Å². The molecule has 20 heavy (non-hydrogen) atoms. The van der Waals surface area contributed by atoms with Gasteiger partial charge in [-0.1, -0.05) is 6.07 Å². The Hall–Kier alpha value is -2.04. The predicted molar refractivity (Wildman–Crippen MR) is 74.9 cm³/mol. The zero-order valence-corrected chi connectivity index (χ0v) is 11.3. The van der Waals surface area contributed by atoms with Crippen LogP contribution < -0.4 is 5.32 Å². The molecule has 0 unspecified atom stereocenters. The number of hydrogen-bond acceptors (Lipinski definition) is 3. The number of nitrogens with zero attached hydrogens (tertiary/aromatic N) is 1. The van der Waals surface area contributed by atoms with Gasteiger partial charge in [-0.3, -0.25) is 9.59 Å². The maximum absolute atomic E-state index is 12.7. The van der Waals surface area contributed by atoms with Gasteiger partial charge in [0.1, 0.15) is 6.54 Å². The SMILES string of the molecule is O=C(O)CN(C(=O)c1cccc2c1CCCN2)C1CC1. The van der Waals surface area contributed by atoms with Crippen LogP contribution in [-0.2, 0) is 11.2 Å². The number of amides is 1. The van der Waals surface area contributed by atoms with Gasteiger partial charge in [-0.05, 0) is 43.4 Å². The first-order chi connectivity index (χ1) is 9.66. The second-order valence-electron chi connectivity index (χ2n) is 5.42. The van der Waals surface area contributed by atoms with Crippen molar-refractivity contribution in [1.82, 2.24) is 4.90 Å². The maximum Gasteiger partial charge on any atom is 0.323 e. The zero-order chi connectivity index (χ0) is 14.1. The number of rotatable bonds is 4. The van der Waals surface area contributed by atoms with Crippen LogP contribution >= 0.6 is 0 Å². The summed E-state index contributed by atoms with van der Waals surface area (Å²) in [6.45, 7) is 0.715. The minimum Gasteiger partial charge on any atom is -0.480 e. The molecular formula is C15H18N2O3. The summed E-state index contributed by atoms with van der Waals surface area (Å²) < 4.78 is 0. The fourth-order valence-electron chi connectivity index (χ4n) is 2.76. The van der Waals surface area contributed by atoms with Crippen molar-refractivity contribution in [2.75, 3.05) is 18.4 Å². The van der Waals surface area contributed by atoms with Crippen LogP contribution in [0, 0.1) is 0 Å². The van der Waals surface area contributed by atoms with Gasteiger partial charge >= 0.3 is 5.97 Å². The third-order valence-corrected chi connectivity index (χ3v) is 3.88. The van der Waals surface area contributed by atoms with E-state index in [1.54, 1.807) is 0 Å². The number of carbonyl (C=O) groups is 2. The van der Waals surface area contributed by atoms with E-state index >= 15 is 0 Å². The third-order valence-electron chi connectivity index (χ3n) is 3.88. The molecule has 0 aromatic heterocycles. The molecule has 5 nitrogen and oxygen atoms in total. The molecule has 3 rings (SSSR count). The van der Waals surface area contributed by atoms with Gasteiger partial charge < -0.3 is 15.3 Å². The molecule has 2 aliphatic rings. The predicted octanol–water partition coefficient (Wildman–Crippen LogP) is 1.73. The van der Waals surface area contributed by atoms with Gasteiger partial charge in [0.2, 0.25) is 0 Å². The van der Waals surface area contributed by atoms with Gasteiger partial charge in [-0.2, -0.15) is 0 Å². The van der Waals surface area contributed by atoms with Crippen molar-refractivity contribution in [3.8, 4) is 0 Å². The highest BCUT2D eigenvalue weighted by Crippen LogP contribution is 2.31. The van der Waals surface area contributed by atoms with E-state index in [0.717, 1.165) is 43.5 Å². The molecule has 1 aromatic rings. The van der Waals surface area contributed by atoms with Gasteiger partial charge in [0, 0.05) is 23.8 Å². The van der Waals surface area contributed by atoms with Crippen LogP contribution in [0.4, 0.5) is 5.69 Å². The average molecular weight is 274 g/mol. The molecular weight excluding hydrogens is 256 g/mol. The van der Waals surface area contributed by atoms with Crippen LogP contribution in [0.5, 0.6) is 0 Å². The summed E-state index contributed by atoms with van der Waals surface area (Å²) in [6.07, 6.45) is 3.69. The van der Waals surface area contributed by atoms with Crippen molar-refractivity contribution >= 4 is 17.6 Å². The Morgan fingerprint density at radius 1 is 1.35 bits per heavy atom. The number of carbonyl (C=O) groups excluding carboxylic acids is 1. The second-order valence-corrected chi connectivity index (χ2v) is 5.42. The summed E-state index contributed by atoms with van der Waals surface area (Å²) in [5.74, 6) is -1.09. The summed E-state index contributed by atoms with van der Waals surface area (Å²) in [6, 6.07) is 5.75. The Labute approximate surface area is 117 Å². The summed E-state index contributed by atoms with van der Waals surface area (Å²) in [4.78, 5) is 25.1. The summed E-state index contributed by atoms with van der Waals surface area (Å²) in [5, 5.41) is 12.3. The van der Waals surface area contributed by atoms with E-state index in [2.05, 4.69) is 5.32 Å². The normalized spacial score (nSPS) is 17.0. The van der Waals surface area contributed by atoms with Crippen molar-refractivity contribution in [3.05, 3.63) is 29.3 Å². The Morgan fingerprint density at radius 3 is 2.85 bits per heavy atom. The third kappa shape index (κ3) is 2.48. The highest BCUT2D eigenvalue weighted by molar-refractivity contribution is 5.99. The fourth-order valence-corrected chi connectivity index (χ4v) is 2.76. The van der Waals surface area contributed by atoms with Gasteiger partial charge in [-0.15, -0.1) is 0 Å². The summed E-state index contributed by atoms with van der Waals surface area (Å²) in [5.41, 5.74) is 2.69. The minimum atomic E-state index is -0.951. The van der Waals surface area contributed by atoms with E-state index in [4.69, 9.17) is 5.11 Å². The van der Waals surface area contributed by atoms with Crippen molar-refractivity contribution in [2.45, 2.75) is 31.7 Å². The lowest BCUT2D eigenvalue weighted by Gasteiger charge is -2.25. The van der Waals surface area contributed by atoms with Crippen LogP contribution in [0.1, 0.15) is 35.2 Å². The van der Waals surface area contributed by atoms with Crippen molar-refractivity contribution in [1.29, 1.82) is 0 Å². The van der Waals surface area contributed by atoms with Crippen molar-refractivity contribution in [3.63, 3.8) is 0 Å². The molecule has 1 aliphatic carbocycles. The van der Waals surface area contributed by atoms with E-state index in [1.165, 1.54) is 4.90 Å². The van der Waals surface area contributed by atoms with Crippen LogP contribution in [0.15, 0.2) is 18.2 Å². The molecule has 1 amide bonds. The number of fused-ring (bicyclic) bond motifs is 1. The molecule has 106 valence electrons. The van der Waals surface area contributed by atoms with Crippen LogP contribution in [-0.4, -0.2) is 41.0 Å². The molecule has 0 bridgehead atoms. The summed E-state index contributed by atoms with van der Waals surface area (Å²) in [7, 11) is 0. The number of aliphatic carboxylic acids is 1. The first kappa shape index (κ1) is 13.0. The topological polar surface area (TPSA) is 69.6 Å². The van der Waals surface area contributed by atoms with E-state index < -0.39 is 5.97 Å². The first-order valence-corrected chi connectivity index (χ1v) is 7.05. The molecule has 1 saturated carbocycles. The van der Waals surface area contributed by atoms with E-state index in [0.29, 0.717) is 5.56 Å². The highest BCUT2D eigenvalue weighted by atomic mass is 16.4. The number of nitrogens with one attached hydrogen (secondary N) is 1. The van der Waals surface area contributed by atoms with Gasteiger partial charge in [0.25, 0.3) is 5.91 Å². The Kier molecular flexibility index (Phi) is 3.34. The first-order valence-electron chi connectivity index (χ1n) is 7.05. The molecule has 0 saturated heterocycles. The van der Waals surface area contributed by atoms with Crippen LogP contribution in [0.3, 0.4) is 0 Å². The Morgan fingerprint density at radius 2 is 2.15 bits per heavy atom. The molecule has 0 spiro atoms. The molecule has 1 aromatic carbocycles. The fraction of sp³-hybridized carbons (Fsp3) is 0.467. The number of carboxylic acids is 1. The lowest BCUT2D eigenvalue weighted by atomic mass is 9.96. The molecule has 0 radical (unpaired) electrons. The standard InChI is InChI=1S/C15H18N2O3/c18-14(19)9-17(10-6-7-10)15(20)12-3-1-5-13-11(12)4-2-8-16-13/h1,3,5,10,16H,2,4,6-9H2,(H,18,19). The molecule has 1 heterocycles. The molecule has 2 N–H and O–H groups in total. The minimum absolute atomic E-state index is 0.103. The second kappa shape index (κ2) is 5.15. The van der Waals surface area contributed by atoms with E-state index in [1.807, 2.05) is 18.2 Å². The van der Waals surface area contributed by atoms with Crippen LogP contribution in [0.2, 0.25) is 0 Å². The Balaban J connectivity index is 1.91. The van der Waals surface area contributed by atoms with Crippen molar-refractivity contribution < 1.29 is 14.7 Å². The lowest BCUT2D eigenvalue weighted by Crippen LogP contribution is -2.38.